The molecule has 1 fully saturated rings. The van der Waals surface area contributed by atoms with E-state index in [1.165, 1.54) is 7.11 Å². The fourth-order valence-corrected chi connectivity index (χ4v) is 6.07. The van der Waals surface area contributed by atoms with E-state index in [-0.39, 0.29) is 24.3 Å². The highest BCUT2D eigenvalue weighted by Gasteiger charge is 2.22. The van der Waals surface area contributed by atoms with Crippen LogP contribution in [0, 0.1) is 6.92 Å². The predicted molar refractivity (Wildman–Crippen MR) is 192 cm³/mol. The lowest BCUT2D eigenvalue weighted by atomic mass is 10.1. The zero-order chi connectivity index (χ0) is 35.1. The summed E-state index contributed by atoms with van der Waals surface area (Å²) in [4.78, 5) is 49.9. The molecule has 1 aromatic heterocycles. The maximum atomic E-state index is 13.7. The Morgan fingerprint density at radius 1 is 0.959 bits per heavy atom. The normalized spacial score (nSPS) is 13.4. The Kier molecular flexibility index (Phi) is 11.5. The number of methoxy groups -OCH3 is 1. The number of ether oxygens (including phenoxy) is 2. The number of para-hydroxylation sites is 1. The first-order valence-corrected chi connectivity index (χ1v) is 16.7. The lowest BCUT2D eigenvalue weighted by Crippen LogP contribution is -2.47. The van der Waals surface area contributed by atoms with E-state index >= 15 is 0 Å². The molecule has 12 nitrogen and oxygen atoms in total. The average molecular weight is 670 g/mol. The van der Waals surface area contributed by atoms with Crippen LogP contribution in [0.5, 0.6) is 11.5 Å². The van der Waals surface area contributed by atoms with Crippen molar-refractivity contribution >= 4 is 40.1 Å². The molecule has 1 saturated heterocycles. The first-order chi connectivity index (χ1) is 23.6. The van der Waals surface area contributed by atoms with Crippen LogP contribution < -0.4 is 25.4 Å². The van der Waals surface area contributed by atoms with Crippen molar-refractivity contribution in [1.82, 2.24) is 19.4 Å². The Hall–Kier alpha value is -4.94. The Morgan fingerprint density at radius 3 is 2.47 bits per heavy atom. The van der Waals surface area contributed by atoms with Crippen LogP contribution in [0.2, 0.25) is 0 Å². The van der Waals surface area contributed by atoms with Gasteiger partial charge in [-0.3, -0.25) is 14.4 Å². The number of unbranched alkanes of at least 4 members (excludes halogenated alkanes) is 2. The molecule has 12 heteroatoms. The highest BCUT2D eigenvalue weighted by Crippen LogP contribution is 2.32. The number of carbonyl (C=O) groups is 3. The third kappa shape index (κ3) is 8.21. The van der Waals surface area contributed by atoms with Crippen molar-refractivity contribution in [3.05, 3.63) is 77.1 Å². The number of nitrogens with two attached hydrogens (primary N) is 1. The minimum Gasteiger partial charge on any atom is -0.495 e. The Bertz CT molecular complexity index is 1810. The second-order valence-corrected chi connectivity index (χ2v) is 12.5. The quantitative estimate of drug-likeness (QED) is 0.198. The van der Waals surface area contributed by atoms with Crippen molar-refractivity contribution in [2.75, 3.05) is 64.2 Å². The van der Waals surface area contributed by atoms with Crippen LogP contribution in [0.4, 0.5) is 11.4 Å². The summed E-state index contributed by atoms with van der Waals surface area (Å²) in [6.07, 6.45) is 3.05. The molecule has 260 valence electrons. The molecule has 3 aromatic carbocycles. The van der Waals surface area contributed by atoms with Crippen LogP contribution >= 0.6 is 0 Å². The zero-order valence-corrected chi connectivity index (χ0v) is 29.1. The largest absolute Gasteiger partial charge is 0.495 e. The molecule has 3 amide bonds. The van der Waals surface area contributed by atoms with Gasteiger partial charge in [-0.2, -0.15) is 0 Å². The lowest BCUT2D eigenvalue weighted by Gasteiger charge is -2.32. The molecule has 0 spiro atoms. The number of carbonyl (C=O) groups excluding carboxylic acids is 3. The molecule has 5 rings (SSSR count). The van der Waals surface area contributed by atoms with Crippen LogP contribution in [-0.2, 0) is 18.4 Å². The number of hydrogen-bond acceptors (Lipinski definition) is 8. The molecule has 0 atom stereocenters. The van der Waals surface area contributed by atoms with E-state index in [9.17, 15) is 14.4 Å². The number of benzene rings is 3. The van der Waals surface area contributed by atoms with Gasteiger partial charge in [-0.25, -0.2) is 4.98 Å². The molecule has 49 heavy (non-hydrogen) atoms. The maximum Gasteiger partial charge on any atom is 0.258 e. The van der Waals surface area contributed by atoms with Crippen molar-refractivity contribution in [1.29, 1.82) is 0 Å². The minimum absolute atomic E-state index is 0.228. The number of nitrogens with zero attached hydrogens (tertiary/aromatic N) is 5. The van der Waals surface area contributed by atoms with Gasteiger partial charge in [0.05, 0.1) is 48.2 Å². The summed E-state index contributed by atoms with van der Waals surface area (Å²) in [5.74, 6) is 1.26. The van der Waals surface area contributed by atoms with Crippen molar-refractivity contribution in [3.8, 4) is 11.5 Å². The number of amides is 3. The van der Waals surface area contributed by atoms with Gasteiger partial charge in [0.25, 0.3) is 11.8 Å². The summed E-state index contributed by atoms with van der Waals surface area (Å²) in [5, 5.41) is 2.92. The summed E-state index contributed by atoms with van der Waals surface area (Å²) in [6.45, 7) is 6.16. The van der Waals surface area contributed by atoms with Gasteiger partial charge in [0.15, 0.2) is 0 Å². The summed E-state index contributed by atoms with van der Waals surface area (Å²) in [6, 6.07) is 16.0. The van der Waals surface area contributed by atoms with E-state index in [1.807, 2.05) is 47.7 Å². The first-order valence-electron chi connectivity index (χ1n) is 16.7. The van der Waals surface area contributed by atoms with Gasteiger partial charge < -0.3 is 39.8 Å². The molecule has 0 unspecified atom stereocenters. The van der Waals surface area contributed by atoms with Crippen molar-refractivity contribution in [3.63, 3.8) is 0 Å². The maximum absolute atomic E-state index is 13.7. The Balaban J connectivity index is 1.21. The molecule has 1 aliphatic heterocycles. The molecule has 3 N–H and O–H groups in total. The van der Waals surface area contributed by atoms with Crippen LogP contribution in [0.15, 0.2) is 54.6 Å². The third-order valence-electron chi connectivity index (χ3n) is 9.04. The van der Waals surface area contributed by atoms with E-state index in [2.05, 4.69) is 22.2 Å². The van der Waals surface area contributed by atoms with Gasteiger partial charge in [0.1, 0.15) is 17.3 Å². The smallest absolute Gasteiger partial charge is 0.258 e. The molecule has 2 heterocycles. The number of anilines is 2. The van der Waals surface area contributed by atoms with Crippen molar-refractivity contribution in [2.45, 2.75) is 39.2 Å². The van der Waals surface area contributed by atoms with Crippen LogP contribution in [0.3, 0.4) is 0 Å². The van der Waals surface area contributed by atoms with E-state index < -0.39 is 0 Å². The summed E-state index contributed by atoms with van der Waals surface area (Å²) in [7, 11) is 7.11. The predicted octanol–water partition coefficient (Wildman–Crippen LogP) is 4.59. The van der Waals surface area contributed by atoms with Crippen LogP contribution in [0.1, 0.15) is 57.8 Å². The number of imidazole rings is 1. The molecule has 0 aliphatic carbocycles. The molecule has 4 aromatic rings. The SMILES string of the molecule is COc1cc(C(=O)N(C)c2ccc(C)cc2OCCCCCC(=O)N2CCN(C)CC2)ccc1NC(=O)c1cccc2nc(CN)n(C)c12. The number of aromatic nitrogens is 2. The van der Waals surface area contributed by atoms with E-state index in [0.29, 0.717) is 63.9 Å². The van der Waals surface area contributed by atoms with Gasteiger partial charge in [0.2, 0.25) is 5.91 Å². The molecule has 0 bridgehead atoms. The second kappa shape index (κ2) is 16.0. The van der Waals surface area contributed by atoms with Crippen LogP contribution in [-0.4, -0.2) is 91.1 Å². The summed E-state index contributed by atoms with van der Waals surface area (Å²) >= 11 is 0. The molecular formula is C37H47N7O5. The van der Waals surface area contributed by atoms with Gasteiger partial charge >= 0.3 is 0 Å². The minimum atomic E-state index is -0.338. The first kappa shape index (κ1) is 35.4. The average Bonchev–Trinajstić information content (AvgIpc) is 3.44. The molecular weight excluding hydrogens is 622 g/mol. The number of aryl methyl sites for hydroxylation is 2. The third-order valence-corrected chi connectivity index (χ3v) is 9.04. The fraction of sp³-hybridized carbons (Fsp3) is 0.405. The Morgan fingerprint density at radius 2 is 1.73 bits per heavy atom. The monoisotopic (exact) mass is 669 g/mol. The van der Waals surface area contributed by atoms with Crippen molar-refractivity contribution in [2.24, 2.45) is 12.8 Å². The van der Waals surface area contributed by atoms with E-state index in [1.54, 1.807) is 42.3 Å². The standard InChI is InChI=1S/C37H47N7O5/c1-25-13-16-30(32(22-25)49-21-8-6-7-12-34(45)44-19-17-41(2)18-20-44)42(3)37(47)26-14-15-28(31(23-26)48-5)40-36(46)27-10-9-11-29-35(27)43(4)33(24-38)39-29/h9-11,13-16,22-23H,6-8,12,17-21,24,38H2,1-5H3,(H,40,46). The van der Waals surface area contributed by atoms with E-state index in [0.717, 1.165) is 51.0 Å². The highest BCUT2D eigenvalue weighted by molar-refractivity contribution is 6.13. The molecule has 0 radical (unpaired) electrons. The number of piperazine rings is 1. The van der Waals surface area contributed by atoms with Gasteiger partial charge in [-0.15, -0.1) is 0 Å². The number of likely N-dealkylation sites (N-methyl/N-ethyl adjacent to an activating group) is 1. The topological polar surface area (TPSA) is 135 Å². The number of hydrogen-bond donors (Lipinski definition) is 2. The molecule has 1 aliphatic rings. The fourth-order valence-electron chi connectivity index (χ4n) is 6.07. The highest BCUT2D eigenvalue weighted by atomic mass is 16.5. The molecule has 0 saturated carbocycles. The summed E-state index contributed by atoms with van der Waals surface area (Å²) in [5.41, 5.74) is 10.1. The second-order valence-electron chi connectivity index (χ2n) is 12.5. The Labute approximate surface area is 287 Å². The lowest BCUT2D eigenvalue weighted by molar-refractivity contribution is -0.132. The summed E-state index contributed by atoms with van der Waals surface area (Å²) < 4.78 is 13.6. The van der Waals surface area contributed by atoms with Gasteiger partial charge in [0, 0.05) is 52.3 Å². The van der Waals surface area contributed by atoms with Gasteiger partial charge in [-0.1, -0.05) is 12.1 Å². The van der Waals surface area contributed by atoms with Gasteiger partial charge in [-0.05, 0) is 81.3 Å². The van der Waals surface area contributed by atoms with Crippen molar-refractivity contribution < 1.29 is 23.9 Å². The van der Waals surface area contributed by atoms with Crippen LogP contribution in [0.25, 0.3) is 11.0 Å². The van der Waals surface area contributed by atoms with E-state index in [4.69, 9.17) is 15.2 Å². The number of fused-ring (bicyclic) bond motifs is 1. The number of nitrogens with one attached hydrogen (secondary N) is 1. The zero-order valence-electron chi connectivity index (χ0n) is 29.1. The number of rotatable bonds is 13.